The molecule has 0 saturated carbocycles. The number of thiophene rings is 1. The number of nitrogens with one attached hydrogen (secondary N) is 1. The predicted octanol–water partition coefficient (Wildman–Crippen LogP) is 5.46. The van der Waals surface area contributed by atoms with Gasteiger partial charge in [-0.25, -0.2) is 4.79 Å². The molecule has 1 amide bonds. The van der Waals surface area contributed by atoms with Crippen molar-refractivity contribution in [1.29, 1.82) is 0 Å². The summed E-state index contributed by atoms with van der Waals surface area (Å²) in [5.74, 6) is -2.22. The van der Waals surface area contributed by atoms with Crippen molar-refractivity contribution in [2.75, 3.05) is 11.9 Å². The summed E-state index contributed by atoms with van der Waals surface area (Å²) in [6.45, 7) is 3.03. The average molecular weight is 507 g/mol. The van der Waals surface area contributed by atoms with Crippen LogP contribution in [0.1, 0.15) is 43.6 Å². The summed E-state index contributed by atoms with van der Waals surface area (Å²) in [5.41, 5.74) is 1.16. The first kappa shape index (κ1) is 25.8. The van der Waals surface area contributed by atoms with Crippen molar-refractivity contribution in [3.05, 3.63) is 75.7 Å². The number of anilines is 1. The lowest BCUT2D eigenvalue weighted by atomic mass is 10.0. The van der Waals surface area contributed by atoms with E-state index in [9.17, 15) is 27.6 Å². The maximum Gasteiger partial charge on any atom is 0.573 e. The van der Waals surface area contributed by atoms with Gasteiger partial charge in [-0.15, -0.1) is 24.5 Å². The number of aliphatic carboxylic acids is 1. The topological polar surface area (TPSA) is 102 Å². The van der Waals surface area contributed by atoms with Crippen LogP contribution < -0.4 is 14.8 Å². The fourth-order valence-electron chi connectivity index (χ4n) is 3.11. The number of carboxylic acid groups (broad SMARTS) is 1. The number of alkyl halides is 3. The molecule has 1 aromatic heterocycles. The Morgan fingerprint density at radius 2 is 1.69 bits per heavy atom. The van der Waals surface area contributed by atoms with Gasteiger partial charge in [0.15, 0.2) is 12.4 Å². The lowest BCUT2D eigenvalue weighted by Crippen LogP contribution is -2.17. The van der Waals surface area contributed by atoms with E-state index in [2.05, 4.69) is 10.1 Å². The fraction of sp³-hybridized carbons (Fsp3) is 0.208. The number of ketones is 1. The first-order valence-corrected chi connectivity index (χ1v) is 11.1. The Morgan fingerprint density at radius 1 is 1.03 bits per heavy atom. The molecule has 0 aliphatic heterocycles. The second-order valence-corrected chi connectivity index (χ2v) is 8.46. The molecule has 0 atom stereocenters. The van der Waals surface area contributed by atoms with Crippen LogP contribution in [-0.4, -0.2) is 35.7 Å². The van der Waals surface area contributed by atoms with Crippen molar-refractivity contribution in [1.82, 2.24) is 0 Å². The number of carbonyl (C=O) groups is 3. The highest BCUT2D eigenvalue weighted by atomic mass is 32.1. The monoisotopic (exact) mass is 507 g/mol. The Morgan fingerprint density at radius 3 is 2.26 bits per heavy atom. The van der Waals surface area contributed by atoms with Crippen LogP contribution in [0.3, 0.4) is 0 Å². The molecule has 11 heteroatoms. The van der Waals surface area contributed by atoms with Crippen LogP contribution in [0.2, 0.25) is 0 Å². The molecule has 0 aliphatic carbocycles. The zero-order valence-electron chi connectivity index (χ0n) is 18.6. The predicted molar refractivity (Wildman–Crippen MR) is 123 cm³/mol. The smallest absolute Gasteiger partial charge is 0.482 e. The summed E-state index contributed by atoms with van der Waals surface area (Å²) in [4.78, 5) is 37.4. The molecule has 7 nitrogen and oxygen atoms in total. The SMILES string of the molecule is CCc1cc(C(=O)c2ccc(OC(F)(F)F)cc2)c(NC(=O)c2ccc(OCC(=O)O)c(C)c2)s1. The standard InChI is InChI=1S/C24H20F3NO6S/c1-3-17-11-18(21(31)14-4-7-16(8-5-14)34-24(25,26)27)23(35-17)28-22(32)15-6-9-19(13(2)10-15)33-12-20(29)30/h4-11H,3,12H2,1-2H3,(H,28,32)(H,29,30). The van der Waals surface area contributed by atoms with Crippen LogP contribution in [0.5, 0.6) is 11.5 Å². The van der Waals surface area contributed by atoms with Gasteiger partial charge in [0, 0.05) is 16.0 Å². The van der Waals surface area contributed by atoms with Crippen molar-refractivity contribution in [3.63, 3.8) is 0 Å². The van der Waals surface area contributed by atoms with E-state index in [1.165, 1.54) is 41.7 Å². The van der Waals surface area contributed by atoms with Crippen LogP contribution in [0.4, 0.5) is 18.2 Å². The first-order valence-electron chi connectivity index (χ1n) is 10.3. The number of rotatable bonds is 9. The Kier molecular flexibility index (Phi) is 7.80. The van der Waals surface area contributed by atoms with Crippen LogP contribution >= 0.6 is 11.3 Å². The highest BCUT2D eigenvalue weighted by Crippen LogP contribution is 2.32. The third-order valence-electron chi connectivity index (χ3n) is 4.74. The largest absolute Gasteiger partial charge is 0.573 e. The number of aryl methyl sites for hydroxylation is 2. The number of ether oxygens (including phenoxy) is 2. The van der Waals surface area contributed by atoms with Crippen molar-refractivity contribution in [2.45, 2.75) is 26.6 Å². The summed E-state index contributed by atoms with van der Waals surface area (Å²) in [6, 6.07) is 10.6. The summed E-state index contributed by atoms with van der Waals surface area (Å²) in [7, 11) is 0. The van der Waals surface area contributed by atoms with Crippen molar-refractivity contribution >= 4 is 34.0 Å². The number of halogens is 3. The van der Waals surface area contributed by atoms with Crippen LogP contribution in [0.25, 0.3) is 0 Å². The molecule has 2 N–H and O–H groups in total. The molecule has 0 fully saturated rings. The summed E-state index contributed by atoms with van der Waals surface area (Å²) in [5, 5.41) is 11.8. The molecule has 2 aromatic carbocycles. The van der Waals surface area contributed by atoms with Crippen molar-refractivity contribution in [3.8, 4) is 11.5 Å². The van der Waals surface area contributed by atoms with Gasteiger partial charge < -0.3 is 19.9 Å². The number of carbonyl (C=O) groups excluding carboxylic acids is 2. The number of hydrogen-bond acceptors (Lipinski definition) is 6. The highest BCUT2D eigenvalue weighted by molar-refractivity contribution is 7.16. The Hall–Kier alpha value is -3.86. The summed E-state index contributed by atoms with van der Waals surface area (Å²) >= 11 is 1.22. The third kappa shape index (κ3) is 6.82. The van der Waals surface area contributed by atoms with Gasteiger partial charge in [-0.1, -0.05) is 6.92 Å². The Balaban J connectivity index is 1.81. The third-order valence-corrected chi connectivity index (χ3v) is 5.94. The maximum atomic E-state index is 13.1. The molecule has 0 bridgehead atoms. The van der Waals surface area contributed by atoms with E-state index >= 15 is 0 Å². The quantitative estimate of drug-likeness (QED) is 0.373. The molecule has 3 rings (SSSR count). The number of amides is 1. The van der Waals surface area contributed by atoms with Gasteiger partial charge in [-0.3, -0.25) is 9.59 Å². The van der Waals surface area contributed by atoms with E-state index in [0.29, 0.717) is 22.7 Å². The summed E-state index contributed by atoms with van der Waals surface area (Å²) < 4.78 is 46.1. The van der Waals surface area contributed by atoms with Gasteiger partial charge in [-0.05, 0) is 67.4 Å². The lowest BCUT2D eigenvalue weighted by Gasteiger charge is -2.10. The number of benzene rings is 2. The first-order chi connectivity index (χ1) is 16.5. The molecule has 184 valence electrons. The van der Waals surface area contributed by atoms with E-state index in [1.807, 2.05) is 6.92 Å². The Labute approximate surface area is 202 Å². The van der Waals surface area contributed by atoms with Crippen LogP contribution in [0, 0.1) is 6.92 Å². The molecule has 1 heterocycles. The molecule has 0 radical (unpaired) electrons. The minimum Gasteiger partial charge on any atom is -0.482 e. The molecule has 0 spiro atoms. The fourth-order valence-corrected chi connectivity index (χ4v) is 4.10. The van der Waals surface area contributed by atoms with E-state index in [-0.39, 0.29) is 16.7 Å². The molecule has 35 heavy (non-hydrogen) atoms. The molecular formula is C24H20F3NO6S. The van der Waals surface area contributed by atoms with Crippen molar-refractivity contribution < 1.29 is 42.1 Å². The molecule has 0 aliphatic rings. The van der Waals surface area contributed by atoms with E-state index < -0.39 is 36.4 Å². The zero-order valence-corrected chi connectivity index (χ0v) is 19.4. The summed E-state index contributed by atoms with van der Waals surface area (Å²) in [6.07, 6.45) is -4.24. The lowest BCUT2D eigenvalue weighted by molar-refractivity contribution is -0.274. The van der Waals surface area contributed by atoms with E-state index in [0.717, 1.165) is 17.0 Å². The number of hydrogen-bond donors (Lipinski definition) is 2. The minimum absolute atomic E-state index is 0.131. The Bertz CT molecular complexity index is 1250. The second-order valence-electron chi connectivity index (χ2n) is 7.33. The van der Waals surface area contributed by atoms with Gasteiger partial charge in [0.05, 0.1) is 5.56 Å². The van der Waals surface area contributed by atoms with Gasteiger partial charge in [0.1, 0.15) is 16.5 Å². The highest BCUT2D eigenvalue weighted by Gasteiger charge is 2.31. The molecule has 3 aromatic rings. The van der Waals surface area contributed by atoms with Gasteiger partial charge in [0.2, 0.25) is 0 Å². The molecule has 0 saturated heterocycles. The zero-order chi connectivity index (χ0) is 25.8. The van der Waals surface area contributed by atoms with E-state index in [4.69, 9.17) is 9.84 Å². The molecule has 0 unspecified atom stereocenters. The molecular weight excluding hydrogens is 487 g/mol. The van der Waals surface area contributed by atoms with E-state index in [1.54, 1.807) is 13.0 Å². The number of carboxylic acids is 1. The van der Waals surface area contributed by atoms with Gasteiger partial charge in [0.25, 0.3) is 5.91 Å². The van der Waals surface area contributed by atoms with Crippen LogP contribution in [0.15, 0.2) is 48.5 Å². The normalized spacial score (nSPS) is 11.1. The average Bonchev–Trinajstić information content (AvgIpc) is 3.19. The van der Waals surface area contributed by atoms with Crippen molar-refractivity contribution in [2.24, 2.45) is 0 Å². The van der Waals surface area contributed by atoms with Crippen LogP contribution in [-0.2, 0) is 11.2 Å². The van der Waals surface area contributed by atoms with Gasteiger partial charge >= 0.3 is 12.3 Å². The maximum absolute atomic E-state index is 13.1. The van der Waals surface area contributed by atoms with Gasteiger partial charge in [-0.2, -0.15) is 0 Å². The minimum atomic E-state index is -4.84. The second kappa shape index (κ2) is 10.6.